The summed E-state index contributed by atoms with van der Waals surface area (Å²) >= 11 is 0. The van der Waals surface area contributed by atoms with Crippen molar-refractivity contribution in [1.29, 1.82) is 0 Å². The maximum absolute atomic E-state index is 14.1. The van der Waals surface area contributed by atoms with Gasteiger partial charge in [-0.2, -0.15) is 0 Å². The highest BCUT2D eigenvalue weighted by Crippen LogP contribution is 2.51. The summed E-state index contributed by atoms with van der Waals surface area (Å²) in [6.45, 7) is 2.88. The third-order valence-electron chi connectivity index (χ3n) is 8.19. The van der Waals surface area contributed by atoms with Crippen molar-refractivity contribution in [3.8, 4) is 17.2 Å². The molecule has 0 saturated carbocycles. The number of methoxy groups -OCH3 is 2. The molecular weight excluding hydrogens is 498 g/mol. The first-order valence-corrected chi connectivity index (χ1v) is 14.1. The summed E-state index contributed by atoms with van der Waals surface area (Å²) in [5.74, 6) is 2.48. The summed E-state index contributed by atoms with van der Waals surface area (Å²) in [5, 5.41) is 6.05. The Morgan fingerprint density at radius 2 is 1.62 bits per heavy atom. The standard InChI is InChI=1S/C35H35NO4/c1-4-5-18-40-26-14-10-22(11-15-26)25-19-28-33-27-9-7-6-8-23(27)12-16-29(33)36-35(34(28)30(37)20-25)24-13-17-31(38-2)32(21-24)39-3/h6-17,21,25,35-36H,4-5,18-20H2,1-3H3. The first-order chi connectivity index (χ1) is 19.6. The fourth-order valence-corrected chi connectivity index (χ4v) is 6.14. The predicted octanol–water partition coefficient (Wildman–Crippen LogP) is 8.10. The van der Waals surface area contributed by atoms with E-state index in [-0.39, 0.29) is 17.7 Å². The lowest BCUT2D eigenvalue weighted by molar-refractivity contribution is -0.116. The van der Waals surface area contributed by atoms with Crippen molar-refractivity contribution < 1.29 is 19.0 Å². The summed E-state index contributed by atoms with van der Waals surface area (Å²) in [7, 11) is 3.27. The largest absolute Gasteiger partial charge is 0.494 e. The van der Waals surface area contributed by atoms with Crippen LogP contribution in [-0.4, -0.2) is 26.6 Å². The second-order valence-corrected chi connectivity index (χ2v) is 10.6. The van der Waals surface area contributed by atoms with Crippen LogP contribution in [0, 0.1) is 0 Å². The van der Waals surface area contributed by atoms with Crippen molar-refractivity contribution in [2.45, 2.75) is 44.6 Å². The third-order valence-corrected chi connectivity index (χ3v) is 8.19. The average molecular weight is 534 g/mol. The highest BCUT2D eigenvalue weighted by molar-refractivity contribution is 6.13. The summed E-state index contributed by atoms with van der Waals surface area (Å²) in [6.07, 6.45) is 3.41. The van der Waals surface area contributed by atoms with E-state index in [0.717, 1.165) is 59.6 Å². The molecule has 4 aromatic carbocycles. The molecule has 6 rings (SSSR count). The number of unbranched alkanes of at least 4 members (excludes halogenated alkanes) is 1. The van der Waals surface area contributed by atoms with Crippen LogP contribution in [0.3, 0.4) is 0 Å². The molecule has 0 fully saturated rings. The second-order valence-electron chi connectivity index (χ2n) is 10.6. The Hall–Kier alpha value is -4.25. The molecule has 0 spiro atoms. The molecule has 1 N–H and O–H groups in total. The van der Waals surface area contributed by atoms with Crippen LogP contribution in [-0.2, 0) is 4.79 Å². The molecule has 2 unspecified atom stereocenters. The minimum absolute atomic E-state index is 0.104. The number of hydrogen-bond acceptors (Lipinski definition) is 5. The normalized spacial score (nSPS) is 18.1. The molecule has 0 aromatic heterocycles. The Labute approximate surface area is 235 Å². The number of ether oxygens (including phenoxy) is 3. The van der Waals surface area contributed by atoms with Crippen molar-refractivity contribution in [3.05, 3.63) is 101 Å². The first kappa shape index (κ1) is 26.0. The summed E-state index contributed by atoms with van der Waals surface area (Å²) in [5.41, 5.74) is 6.32. The molecule has 40 heavy (non-hydrogen) atoms. The molecule has 4 aromatic rings. The molecule has 1 heterocycles. The van der Waals surface area contributed by atoms with Gasteiger partial charge in [0, 0.05) is 23.2 Å². The van der Waals surface area contributed by atoms with Gasteiger partial charge >= 0.3 is 0 Å². The lowest BCUT2D eigenvalue weighted by Crippen LogP contribution is -2.29. The van der Waals surface area contributed by atoms with E-state index in [1.54, 1.807) is 14.2 Å². The highest BCUT2D eigenvalue weighted by atomic mass is 16.5. The number of allylic oxidation sites excluding steroid dienone is 1. The summed E-state index contributed by atoms with van der Waals surface area (Å²) in [4.78, 5) is 14.1. The number of hydrogen-bond donors (Lipinski definition) is 1. The Morgan fingerprint density at radius 3 is 2.40 bits per heavy atom. The van der Waals surface area contributed by atoms with Crippen molar-refractivity contribution in [2.24, 2.45) is 0 Å². The predicted molar refractivity (Wildman–Crippen MR) is 161 cm³/mol. The van der Waals surface area contributed by atoms with Crippen molar-refractivity contribution in [2.75, 3.05) is 26.1 Å². The zero-order chi connectivity index (χ0) is 27.6. The lowest BCUT2D eigenvalue weighted by atomic mass is 9.71. The second kappa shape index (κ2) is 11.1. The molecule has 0 bridgehead atoms. The van der Waals surface area contributed by atoms with Crippen LogP contribution in [0.2, 0.25) is 0 Å². The van der Waals surface area contributed by atoms with Gasteiger partial charge in [-0.15, -0.1) is 0 Å². The minimum Gasteiger partial charge on any atom is -0.494 e. The van der Waals surface area contributed by atoms with E-state index in [0.29, 0.717) is 17.9 Å². The van der Waals surface area contributed by atoms with Crippen LogP contribution >= 0.6 is 0 Å². The molecule has 5 heteroatoms. The number of fused-ring (bicyclic) bond motifs is 4. The fraction of sp³-hybridized carbons (Fsp3) is 0.286. The first-order valence-electron chi connectivity index (χ1n) is 14.1. The van der Waals surface area contributed by atoms with Gasteiger partial charge in [0.05, 0.1) is 26.9 Å². The number of benzene rings is 4. The van der Waals surface area contributed by atoms with Crippen LogP contribution in [0.15, 0.2) is 84.4 Å². The van der Waals surface area contributed by atoms with Crippen molar-refractivity contribution in [3.63, 3.8) is 0 Å². The number of carbonyl (C=O) groups is 1. The van der Waals surface area contributed by atoms with Crippen LogP contribution in [0.1, 0.15) is 61.3 Å². The zero-order valence-electron chi connectivity index (χ0n) is 23.3. The molecule has 2 aliphatic rings. The number of carbonyl (C=O) groups excluding carboxylic acids is 1. The van der Waals surface area contributed by atoms with E-state index in [1.807, 2.05) is 30.3 Å². The van der Waals surface area contributed by atoms with Crippen molar-refractivity contribution in [1.82, 2.24) is 0 Å². The minimum atomic E-state index is -0.272. The van der Waals surface area contributed by atoms with Gasteiger partial charge in [-0.1, -0.05) is 61.9 Å². The van der Waals surface area contributed by atoms with Crippen LogP contribution < -0.4 is 19.5 Å². The van der Waals surface area contributed by atoms with Gasteiger partial charge in [-0.25, -0.2) is 0 Å². The zero-order valence-corrected chi connectivity index (χ0v) is 23.3. The fourth-order valence-electron chi connectivity index (χ4n) is 6.14. The van der Waals surface area contributed by atoms with E-state index >= 15 is 0 Å². The van der Waals surface area contributed by atoms with Gasteiger partial charge in [-0.05, 0) is 76.6 Å². The SMILES string of the molecule is CCCCOc1ccc(C2CC(=O)C3=C(C2)c2c(ccc4ccccc24)NC3c2ccc(OC)c(OC)c2)cc1. The molecule has 0 saturated heterocycles. The highest BCUT2D eigenvalue weighted by Gasteiger charge is 2.38. The topological polar surface area (TPSA) is 56.8 Å². The maximum Gasteiger partial charge on any atom is 0.162 e. The number of rotatable bonds is 8. The van der Waals surface area contributed by atoms with E-state index in [4.69, 9.17) is 14.2 Å². The Balaban J connectivity index is 1.44. The Kier molecular flexibility index (Phi) is 7.21. The average Bonchev–Trinajstić information content (AvgIpc) is 3.00. The Morgan fingerprint density at radius 1 is 0.850 bits per heavy atom. The molecule has 1 aliphatic heterocycles. The van der Waals surface area contributed by atoms with Gasteiger partial charge in [0.1, 0.15) is 5.75 Å². The summed E-state index contributed by atoms with van der Waals surface area (Å²) < 4.78 is 17.0. The molecule has 0 amide bonds. The van der Waals surface area contributed by atoms with Crippen LogP contribution in [0.5, 0.6) is 17.2 Å². The molecule has 2 atom stereocenters. The number of ketones is 1. The van der Waals surface area contributed by atoms with E-state index in [9.17, 15) is 4.79 Å². The lowest BCUT2D eigenvalue weighted by Gasteiger charge is -2.37. The van der Waals surface area contributed by atoms with E-state index in [2.05, 4.69) is 60.8 Å². The van der Waals surface area contributed by atoms with Crippen LogP contribution in [0.4, 0.5) is 5.69 Å². The van der Waals surface area contributed by atoms with E-state index in [1.165, 1.54) is 16.3 Å². The summed E-state index contributed by atoms with van der Waals surface area (Å²) in [6, 6.07) is 26.7. The number of nitrogens with one attached hydrogen (secondary N) is 1. The Bertz CT molecular complexity index is 1590. The molecule has 5 nitrogen and oxygen atoms in total. The van der Waals surface area contributed by atoms with Gasteiger partial charge < -0.3 is 19.5 Å². The molecule has 1 aliphatic carbocycles. The molecular formula is C35H35NO4. The quantitative estimate of drug-likeness (QED) is 0.232. The maximum atomic E-state index is 14.1. The monoisotopic (exact) mass is 533 g/mol. The van der Waals surface area contributed by atoms with Crippen LogP contribution in [0.25, 0.3) is 16.3 Å². The molecule has 0 radical (unpaired) electrons. The molecule has 204 valence electrons. The van der Waals surface area contributed by atoms with Gasteiger partial charge in [0.25, 0.3) is 0 Å². The third kappa shape index (κ3) is 4.70. The number of anilines is 1. The van der Waals surface area contributed by atoms with Gasteiger partial charge in [-0.3, -0.25) is 4.79 Å². The smallest absolute Gasteiger partial charge is 0.162 e. The van der Waals surface area contributed by atoms with E-state index < -0.39 is 0 Å². The van der Waals surface area contributed by atoms with Gasteiger partial charge in [0.2, 0.25) is 0 Å². The number of Topliss-reactive ketones (excluding diaryl/α,β-unsaturated/α-hetero) is 1. The van der Waals surface area contributed by atoms with Gasteiger partial charge in [0.15, 0.2) is 17.3 Å². The van der Waals surface area contributed by atoms with Crippen molar-refractivity contribution >= 4 is 27.8 Å².